The maximum Gasteiger partial charge on any atom is 0.407 e. The lowest BCUT2D eigenvalue weighted by atomic mass is 9.98. The van der Waals surface area contributed by atoms with E-state index in [1.807, 2.05) is 31.2 Å². The van der Waals surface area contributed by atoms with E-state index >= 15 is 0 Å². The van der Waals surface area contributed by atoms with Gasteiger partial charge in [-0.3, -0.25) is 14.6 Å². The van der Waals surface area contributed by atoms with Crippen LogP contribution in [0.25, 0.3) is 11.1 Å². The Kier molecular flexibility index (Phi) is 7.40. The van der Waals surface area contributed by atoms with Crippen LogP contribution in [0.15, 0.2) is 66.9 Å². The minimum absolute atomic E-state index is 0.0318. The van der Waals surface area contributed by atoms with Crippen molar-refractivity contribution in [3.63, 3.8) is 0 Å². The highest BCUT2D eigenvalue weighted by Crippen LogP contribution is 2.44. The van der Waals surface area contributed by atoms with Gasteiger partial charge < -0.3 is 20.5 Å². The first-order chi connectivity index (χ1) is 17.0. The number of aliphatic carboxylic acids is 1. The summed E-state index contributed by atoms with van der Waals surface area (Å²) >= 11 is 0. The summed E-state index contributed by atoms with van der Waals surface area (Å²) in [5, 5.41) is 14.4. The zero-order valence-electron chi connectivity index (χ0n) is 19.4. The van der Waals surface area contributed by atoms with Crippen LogP contribution in [-0.4, -0.2) is 40.7 Å². The van der Waals surface area contributed by atoms with Gasteiger partial charge in [0.2, 0.25) is 0 Å². The average Bonchev–Trinajstić information content (AvgIpc) is 3.19. The van der Waals surface area contributed by atoms with Crippen molar-refractivity contribution in [2.75, 3.05) is 6.61 Å². The van der Waals surface area contributed by atoms with Crippen LogP contribution in [0.2, 0.25) is 0 Å². The fourth-order valence-electron chi connectivity index (χ4n) is 4.31. The van der Waals surface area contributed by atoms with Crippen molar-refractivity contribution in [3.05, 3.63) is 89.2 Å². The Bertz CT molecular complexity index is 1200. The van der Waals surface area contributed by atoms with Crippen LogP contribution in [0, 0.1) is 0 Å². The van der Waals surface area contributed by atoms with Crippen LogP contribution in [0.1, 0.15) is 52.9 Å². The fourth-order valence-corrected chi connectivity index (χ4v) is 4.31. The van der Waals surface area contributed by atoms with E-state index in [0.717, 1.165) is 22.3 Å². The Hall–Kier alpha value is -4.20. The Morgan fingerprint density at radius 1 is 1.03 bits per heavy atom. The number of nitrogens with zero attached hydrogens (tertiary/aromatic N) is 1. The number of nitrogens with one attached hydrogen (secondary N) is 2. The van der Waals surface area contributed by atoms with Gasteiger partial charge in [0, 0.05) is 23.7 Å². The molecule has 35 heavy (non-hydrogen) atoms. The van der Waals surface area contributed by atoms with E-state index < -0.39 is 18.1 Å². The second kappa shape index (κ2) is 10.8. The van der Waals surface area contributed by atoms with Gasteiger partial charge in [0.1, 0.15) is 6.61 Å². The molecule has 0 fully saturated rings. The fraction of sp³-hybridized carbons (Fsp3) is 0.259. The zero-order valence-corrected chi connectivity index (χ0v) is 19.4. The number of hydrogen-bond acceptors (Lipinski definition) is 5. The quantitative estimate of drug-likeness (QED) is 0.431. The number of alkyl carbamates (subject to hydrolysis) is 1. The molecule has 0 unspecified atom stereocenters. The topological polar surface area (TPSA) is 118 Å². The Labute approximate surface area is 203 Å². The molecule has 4 rings (SSSR count). The molecule has 1 aliphatic carbocycles. The first-order valence-electron chi connectivity index (χ1n) is 11.5. The smallest absolute Gasteiger partial charge is 0.407 e. The number of amides is 2. The highest BCUT2D eigenvalue weighted by Gasteiger charge is 2.29. The molecule has 1 atom stereocenters. The summed E-state index contributed by atoms with van der Waals surface area (Å²) in [4.78, 5) is 40.0. The van der Waals surface area contributed by atoms with Gasteiger partial charge in [0.25, 0.3) is 5.91 Å². The predicted octanol–water partition coefficient (Wildman–Crippen LogP) is 4.10. The van der Waals surface area contributed by atoms with Crippen molar-refractivity contribution in [1.29, 1.82) is 0 Å². The number of ether oxygens (including phenoxy) is 1. The number of carbonyl (C=O) groups is 3. The van der Waals surface area contributed by atoms with Crippen molar-refractivity contribution in [3.8, 4) is 11.1 Å². The minimum atomic E-state index is -0.972. The number of carboxylic acids is 1. The number of benzene rings is 2. The minimum Gasteiger partial charge on any atom is -0.481 e. The third-order valence-electron chi connectivity index (χ3n) is 6.09. The number of fused-ring (bicyclic) bond motifs is 3. The number of pyridine rings is 1. The van der Waals surface area contributed by atoms with E-state index in [-0.39, 0.29) is 31.4 Å². The molecular formula is C27H27N3O5. The molecular weight excluding hydrogens is 446 g/mol. The number of hydrogen-bond donors (Lipinski definition) is 3. The van der Waals surface area contributed by atoms with E-state index in [2.05, 4.69) is 39.9 Å². The second-order valence-corrected chi connectivity index (χ2v) is 8.39. The van der Waals surface area contributed by atoms with E-state index in [4.69, 9.17) is 9.84 Å². The standard InChI is InChI=1S/C27H27N3O5/c1-2-18(14-25(31)32)30-26(33)17-11-12-28-19(13-17)15-29-27(34)35-16-24-22-9-5-3-7-20(22)21-8-4-6-10-23(21)24/h3-13,18,24H,2,14-16H2,1H3,(H,29,34)(H,30,33)(H,31,32)/t18-/m0/s1. The first-order valence-corrected chi connectivity index (χ1v) is 11.5. The molecule has 0 radical (unpaired) electrons. The van der Waals surface area contributed by atoms with Gasteiger partial charge in [-0.05, 0) is 40.8 Å². The molecule has 0 spiro atoms. The first kappa shape index (κ1) is 23.9. The average molecular weight is 474 g/mol. The number of rotatable bonds is 9. The summed E-state index contributed by atoms with van der Waals surface area (Å²) in [6, 6.07) is 18.9. The third kappa shape index (κ3) is 5.66. The van der Waals surface area contributed by atoms with Crippen molar-refractivity contribution >= 4 is 18.0 Å². The van der Waals surface area contributed by atoms with Gasteiger partial charge in [0.15, 0.2) is 0 Å². The second-order valence-electron chi connectivity index (χ2n) is 8.39. The molecule has 1 aromatic heterocycles. The van der Waals surface area contributed by atoms with Crippen LogP contribution in [0.3, 0.4) is 0 Å². The molecule has 0 bridgehead atoms. The summed E-state index contributed by atoms with van der Waals surface area (Å²) in [7, 11) is 0. The van der Waals surface area contributed by atoms with Crippen LogP contribution in [0.5, 0.6) is 0 Å². The normalized spacial score (nSPS) is 12.8. The monoisotopic (exact) mass is 473 g/mol. The summed E-state index contributed by atoms with van der Waals surface area (Å²) in [6.45, 7) is 2.10. The third-order valence-corrected chi connectivity index (χ3v) is 6.09. The molecule has 3 N–H and O–H groups in total. The maximum absolute atomic E-state index is 12.5. The lowest BCUT2D eigenvalue weighted by Crippen LogP contribution is -2.36. The highest BCUT2D eigenvalue weighted by atomic mass is 16.5. The largest absolute Gasteiger partial charge is 0.481 e. The lowest BCUT2D eigenvalue weighted by molar-refractivity contribution is -0.137. The van der Waals surface area contributed by atoms with Crippen LogP contribution in [-0.2, 0) is 16.1 Å². The molecule has 180 valence electrons. The molecule has 1 heterocycles. The van der Waals surface area contributed by atoms with Crippen LogP contribution in [0.4, 0.5) is 4.79 Å². The Balaban J connectivity index is 1.33. The van der Waals surface area contributed by atoms with Gasteiger partial charge in [-0.2, -0.15) is 0 Å². The van der Waals surface area contributed by atoms with Crippen molar-refractivity contribution in [2.45, 2.75) is 38.3 Å². The summed E-state index contributed by atoms with van der Waals surface area (Å²) in [5.74, 6) is -1.39. The van der Waals surface area contributed by atoms with Gasteiger partial charge in [-0.25, -0.2) is 4.79 Å². The SMILES string of the molecule is CC[C@@H](CC(=O)O)NC(=O)c1ccnc(CNC(=O)OCC2c3ccccc3-c3ccccc32)c1. The maximum atomic E-state index is 12.5. The van der Waals surface area contributed by atoms with Gasteiger partial charge in [-0.1, -0.05) is 55.5 Å². The molecule has 0 saturated carbocycles. The summed E-state index contributed by atoms with van der Waals surface area (Å²) in [6.07, 6.45) is 1.25. The Morgan fingerprint density at radius 3 is 2.31 bits per heavy atom. The van der Waals surface area contributed by atoms with E-state index in [1.165, 1.54) is 6.20 Å². The van der Waals surface area contributed by atoms with Crippen LogP contribution < -0.4 is 10.6 Å². The zero-order chi connectivity index (χ0) is 24.8. The van der Waals surface area contributed by atoms with Crippen molar-refractivity contribution in [1.82, 2.24) is 15.6 Å². The highest BCUT2D eigenvalue weighted by molar-refractivity contribution is 5.94. The molecule has 2 amide bonds. The van der Waals surface area contributed by atoms with Gasteiger partial charge >= 0.3 is 12.1 Å². The van der Waals surface area contributed by atoms with E-state index in [1.54, 1.807) is 12.1 Å². The van der Waals surface area contributed by atoms with Crippen LogP contribution >= 0.6 is 0 Å². The van der Waals surface area contributed by atoms with Crippen molar-refractivity contribution in [2.24, 2.45) is 0 Å². The number of carbonyl (C=O) groups excluding carboxylic acids is 2. The molecule has 2 aromatic carbocycles. The van der Waals surface area contributed by atoms with Crippen molar-refractivity contribution < 1.29 is 24.2 Å². The number of carboxylic acid groups (broad SMARTS) is 1. The van der Waals surface area contributed by atoms with E-state index in [0.29, 0.717) is 17.7 Å². The molecule has 1 aliphatic rings. The summed E-state index contributed by atoms with van der Waals surface area (Å²) in [5.41, 5.74) is 5.41. The van der Waals surface area contributed by atoms with E-state index in [9.17, 15) is 14.4 Å². The van der Waals surface area contributed by atoms with Gasteiger partial charge in [-0.15, -0.1) is 0 Å². The number of aromatic nitrogens is 1. The Morgan fingerprint density at radius 2 is 1.69 bits per heavy atom. The predicted molar refractivity (Wildman–Crippen MR) is 130 cm³/mol. The molecule has 8 nitrogen and oxygen atoms in total. The lowest BCUT2D eigenvalue weighted by Gasteiger charge is -2.15. The van der Waals surface area contributed by atoms with Gasteiger partial charge in [0.05, 0.1) is 18.7 Å². The molecule has 3 aromatic rings. The molecule has 0 saturated heterocycles. The summed E-state index contributed by atoms with van der Waals surface area (Å²) < 4.78 is 5.53. The molecule has 0 aliphatic heterocycles. The molecule has 8 heteroatoms.